The first-order valence-corrected chi connectivity index (χ1v) is 11.1. The van der Waals surface area contributed by atoms with Gasteiger partial charge >= 0.3 is 0 Å². The number of Topliss-reactive ketones (excluding diaryl/α,β-unsaturated/α-hetero) is 1. The number of halogens is 1. The zero-order valence-electron chi connectivity index (χ0n) is 19.6. The van der Waals surface area contributed by atoms with Gasteiger partial charge in [-0.15, -0.1) is 0 Å². The predicted octanol–water partition coefficient (Wildman–Crippen LogP) is 5.31. The Morgan fingerprint density at radius 3 is 2.23 bits per heavy atom. The van der Waals surface area contributed by atoms with Crippen molar-refractivity contribution in [2.45, 2.75) is 19.9 Å². The second-order valence-electron chi connectivity index (χ2n) is 8.24. The number of hydrogen-bond donors (Lipinski definition) is 2. The number of ether oxygens (including phenoxy) is 2. The van der Waals surface area contributed by atoms with Gasteiger partial charge in [0.2, 0.25) is 0 Å². The summed E-state index contributed by atoms with van der Waals surface area (Å²) in [5, 5.41) is 21.5. The molecule has 8 heteroatoms. The third kappa shape index (κ3) is 4.19. The van der Waals surface area contributed by atoms with Crippen molar-refractivity contribution in [2.75, 3.05) is 19.1 Å². The number of amides is 1. The second-order valence-corrected chi connectivity index (χ2v) is 8.64. The van der Waals surface area contributed by atoms with Crippen molar-refractivity contribution in [1.82, 2.24) is 0 Å². The molecule has 4 rings (SSSR count). The van der Waals surface area contributed by atoms with Crippen molar-refractivity contribution in [1.29, 1.82) is 0 Å². The summed E-state index contributed by atoms with van der Waals surface area (Å²) in [4.78, 5) is 28.2. The Labute approximate surface area is 207 Å². The van der Waals surface area contributed by atoms with E-state index in [0.717, 1.165) is 11.1 Å². The molecule has 3 aromatic rings. The first kappa shape index (κ1) is 24.2. The Bertz CT molecular complexity index is 1360. The molecule has 7 nitrogen and oxygen atoms in total. The molecule has 1 aliphatic rings. The first-order valence-electron chi connectivity index (χ1n) is 10.8. The van der Waals surface area contributed by atoms with E-state index >= 15 is 0 Å². The number of nitrogens with zero attached hydrogens (tertiary/aromatic N) is 1. The number of aliphatic hydroxyl groups excluding tert-OH is 1. The van der Waals surface area contributed by atoms with Gasteiger partial charge in [-0.2, -0.15) is 0 Å². The van der Waals surface area contributed by atoms with E-state index in [1.807, 2.05) is 32.0 Å². The monoisotopic (exact) mass is 493 g/mol. The Morgan fingerprint density at radius 1 is 0.943 bits per heavy atom. The van der Waals surface area contributed by atoms with Gasteiger partial charge < -0.3 is 19.7 Å². The maximum absolute atomic E-state index is 13.4. The molecular formula is C27H24ClNO6. The molecule has 1 aliphatic heterocycles. The van der Waals surface area contributed by atoms with Crippen molar-refractivity contribution >= 4 is 34.7 Å². The highest BCUT2D eigenvalue weighted by molar-refractivity contribution is 6.52. The highest BCUT2D eigenvalue weighted by atomic mass is 35.5. The van der Waals surface area contributed by atoms with Crippen molar-refractivity contribution < 1.29 is 29.3 Å². The second kappa shape index (κ2) is 9.35. The van der Waals surface area contributed by atoms with Crippen LogP contribution in [-0.4, -0.2) is 36.1 Å². The van der Waals surface area contributed by atoms with E-state index in [9.17, 15) is 19.8 Å². The van der Waals surface area contributed by atoms with Crippen molar-refractivity contribution in [3.8, 4) is 17.2 Å². The lowest BCUT2D eigenvalue weighted by Crippen LogP contribution is -2.30. The Morgan fingerprint density at radius 2 is 1.60 bits per heavy atom. The Hall–Kier alpha value is -3.97. The summed E-state index contributed by atoms with van der Waals surface area (Å²) in [5.74, 6) is -1.56. The van der Waals surface area contributed by atoms with Crippen molar-refractivity contribution in [3.63, 3.8) is 0 Å². The normalized spacial score (nSPS) is 17.1. The minimum atomic E-state index is -0.956. The van der Waals surface area contributed by atoms with Gasteiger partial charge in [0.25, 0.3) is 11.7 Å². The lowest BCUT2D eigenvalue weighted by Gasteiger charge is -2.27. The third-order valence-electron chi connectivity index (χ3n) is 6.01. The number of carbonyl (C=O) groups excluding carboxylic acids is 2. The molecule has 2 N–H and O–H groups in total. The van der Waals surface area contributed by atoms with Crippen LogP contribution in [0.2, 0.25) is 5.02 Å². The fourth-order valence-corrected chi connectivity index (χ4v) is 4.45. The molecule has 0 aromatic heterocycles. The number of phenolic OH excluding ortho intramolecular Hbond substituents is 1. The zero-order valence-corrected chi connectivity index (χ0v) is 20.4. The molecule has 3 aromatic carbocycles. The van der Waals surface area contributed by atoms with E-state index in [-0.39, 0.29) is 33.4 Å². The topological polar surface area (TPSA) is 96.3 Å². The lowest BCUT2D eigenvalue weighted by molar-refractivity contribution is -0.132. The fraction of sp³-hybridized carbons (Fsp3) is 0.185. The smallest absolute Gasteiger partial charge is 0.300 e. The highest BCUT2D eigenvalue weighted by Gasteiger charge is 2.47. The number of phenols is 1. The van der Waals surface area contributed by atoms with Crippen LogP contribution in [0, 0.1) is 13.8 Å². The number of rotatable bonds is 5. The molecule has 1 fully saturated rings. The Balaban J connectivity index is 2.03. The van der Waals surface area contributed by atoms with Gasteiger partial charge in [0, 0.05) is 11.8 Å². The van der Waals surface area contributed by atoms with Crippen LogP contribution in [0.15, 0.2) is 60.2 Å². The van der Waals surface area contributed by atoms with Gasteiger partial charge in [-0.05, 0) is 54.8 Å². The summed E-state index contributed by atoms with van der Waals surface area (Å²) in [5.41, 5.74) is 2.79. The summed E-state index contributed by atoms with van der Waals surface area (Å²) in [6, 6.07) is 13.7. The standard InChI is InChI=1S/C27H24ClNO6/c1-14-5-6-15(2)20(11-14)29-24(16-7-9-17(30)10-8-16)23(26(32)27(29)33)25(31)18-12-22(35-4)19(28)13-21(18)34-3/h5-13,24,30-31H,1-4H3/b25-23+. The van der Waals surface area contributed by atoms with Gasteiger partial charge in [0.15, 0.2) is 0 Å². The average Bonchev–Trinajstić information content (AvgIpc) is 3.10. The van der Waals surface area contributed by atoms with Crippen LogP contribution < -0.4 is 14.4 Å². The van der Waals surface area contributed by atoms with E-state index in [1.54, 1.807) is 12.1 Å². The van der Waals surface area contributed by atoms with Crippen LogP contribution >= 0.6 is 11.6 Å². The maximum atomic E-state index is 13.4. The van der Waals surface area contributed by atoms with Crippen LogP contribution in [0.25, 0.3) is 5.76 Å². The summed E-state index contributed by atoms with van der Waals surface area (Å²) in [6.45, 7) is 3.73. The minimum absolute atomic E-state index is 0.0292. The van der Waals surface area contributed by atoms with Gasteiger partial charge in [-0.3, -0.25) is 14.5 Å². The van der Waals surface area contributed by atoms with Crippen LogP contribution in [0.3, 0.4) is 0 Å². The van der Waals surface area contributed by atoms with Crippen molar-refractivity contribution in [3.05, 3.63) is 87.4 Å². The number of ketones is 1. The van der Waals surface area contributed by atoms with E-state index in [0.29, 0.717) is 11.3 Å². The van der Waals surface area contributed by atoms with Crippen LogP contribution in [0.5, 0.6) is 17.2 Å². The van der Waals surface area contributed by atoms with Gasteiger partial charge in [0.05, 0.1) is 36.4 Å². The number of carbonyl (C=O) groups is 2. The van der Waals surface area contributed by atoms with Crippen LogP contribution in [0.1, 0.15) is 28.3 Å². The number of hydrogen-bond acceptors (Lipinski definition) is 6. The third-order valence-corrected chi connectivity index (χ3v) is 6.30. The summed E-state index contributed by atoms with van der Waals surface area (Å²) in [7, 11) is 2.83. The molecule has 0 spiro atoms. The molecule has 0 aliphatic carbocycles. The van der Waals surface area contributed by atoms with E-state index in [2.05, 4.69) is 0 Å². The number of benzene rings is 3. The molecular weight excluding hydrogens is 470 g/mol. The zero-order chi connectivity index (χ0) is 25.4. The Kier molecular flexibility index (Phi) is 6.45. The fourth-order valence-electron chi connectivity index (χ4n) is 4.22. The molecule has 0 radical (unpaired) electrons. The van der Waals surface area contributed by atoms with E-state index < -0.39 is 23.5 Å². The van der Waals surface area contributed by atoms with E-state index in [4.69, 9.17) is 21.1 Å². The van der Waals surface area contributed by atoms with Crippen LogP contribution in [-0.2, 0) is 9.59 Å². The first-order chi connectivity index (χ1) is 16.7. The summed E-state index contributed by atoms with van der Waals surface area (Å²) in [6.07, 6.45) is 0. The number of methoxy groups -OCH3 is 2. The molecule has 35 heavy (non-hydrogen) atoms. The lowest BCUT2D eigenvalue weighted by atomic mass is 9.94. The molecule has 1 heterocycles. The maximum Gasteiger partial charge on any atom is 0.300 e. The number of aliphatic hydroxyl groups is 1. The quantitative estimate of drug-likeness (QED) is 0.284. The molecule has 1 atom stereocenters. The summed E-state index contributed by atoms with van der Waals surface area (Å²) >= 11 is 6.22. The van der Waals surface area contributed by atoms with Gasteiger partial charge in [-0.25, -0.2) is 0 Å². The van der Waals surface area contributed by atoms with Crippen molar-refractivity contribution in [2.24, 2.45) is 0 Å². The van der Waals surface area contributed by atoms with E-state index in [1.165, 1.54) is 43.4 Å². The predicted molar refractivity (Wildman–Crippen MR) is 133 cm³/mol. The molecule has 0 bridgehead atoms. The molecule has 1 amide bonds. The summed E-state index contributed by atoms with van der Waals surface area (Å²) < 4.78 is 10.7. The number of aromatic hydroxyl groups is 1. The highest BCUT2D eigenvalue weighted by Crippen LogP contribution is 2.45. The molecule has 1 saturated heterocycles. The minimum Gasteiger partial charge on any atom is -0.508 e. The molecule has 0 saturated carbocycles. The number of aryl methyl sites for hydroxylation is 2. The number of anilines is 1. The van der Waals surface area contributed by atoms with Crippen LogP contribution in [0.4, 0.5) is 5.69 Å². The largest absolute Gasteiger partial charge is 0.508 e. The van der Waals surface area contributed by atoms with Gasteiger partial charge in [-0.1, -0.05) is 35.9 Å². The SMILES string of the molecule is COc1cc(/C(O)=C2\C(=O)C(=O)N(c3cc(C)ccc3C)C2c2ccc(O)cc2)c(OC)cc1Cl. The average molecular weight is 494 g/mol. The molecule has 180 valence electrons. The van der Waals surface area contributed by atoms with Gasteiger partial charge in [0.1, 0.15) is 23.0 Å². The molecule has 1 unspecified atom stereocenters.